The van der Waals surface area contributed by atoms with Crippen molar-refractivity contribution >= 4 is 27.7 Å². The van der Waals surface area contributed by atoms with E-state index in [0.717, 1.165) is 17.3 Å². The van der Waals surface area contributed by atoms with Gasteiger partial charge in [0.1, 0.15) is 6.54 Å². The Morgan fingerprint density at radius 2 is 2.05 bits per heavy atom. The summed E-state index contributed by atoms with van der Waals surface area (Å²) in [7, 11) is 0. The van der Waals surface area contributed by atoms with Crippen molar-refractivity contribution < 1.29 is 9.59 Å². The summed E-state index contributed by atoms with van der Waals surface area (Å²) in [5, 5.41) is 0. The van der Waals surface area contributed by atoms with Crippen LogP contribution < -0.4 is 0 Å². The van der Waals surface area contributed by atoms with Crippen LogP contribution in [0.3, 0.4) is 0 Å². The van der Waals surface area contributed by atoms with Crippen molar-refractivity contribution in [3.05, 3.63) is 34.3 Å². The molecule has 19 heavy (non-hydrogen) atoms. The summed E-state index contributed by atoms with van der Waals surface area (Å²) >= 11 is 3.36. The fourth-order valence-electron chi connectivity index (χ4n) is 2.44. The number of halogens is 1. The molecule has 1 heterocycles. The van der Waals surface area contributed by atoms with Gasteiger partial charge in [-0.25, -0.2) is 0 Å². The van der Waals surface area contributed by atoms with Gasteiger partial charge in [-0.1, -0.05) is 22.0 Å². The van der Waals surface area contributed by atoms with Crippen molar-refractivity contribution in [1.82, 2.24) is 9.80 Å². The average molecular weight is 323 g/mol. The molecule has 3 rings (SSSR count). The molecule has 1 aliphatic carbocycles. The standard InChI is InChI=1S/C14H15BrN2O2/c15-11-3-1-2-10(8-11)14(19)16-6-7-17(12-4-5-12)13(18)9-16/h1-3,8,12H,4-7,9H2. The minimum Gasteiger partial charge on any atom is -0.336 e. The zero-order chi connectivity index (χ0) is 13.4. The van der Waals surface area contributed by atoms with E-state index in [9.17, 15) is 9.59 Å². The summed E-state index contributed by atoms with van der Waals surface area (Å²) < 4.78 is 0.876. The zero-order valence-corrected chi connectivity index (χ0v) is 12.1. The third-order valence-corrected chi connectivity index (χ3v) is 4.10. The van der Waals surface area contributed by atoms with Gasteiger partial charge in [-0.15, -0.1) is 0 Å². The van der Waals surface area contributed by atoms with E-state index in [1.54, 1.807) is 17.0 Å². The Balaban J connectivity index is 1.70. The monoisotopic (exact) mass is 322 g/mol. The first kappa shape index (κ1) is 12.7. The highest BCUT2D eigenvalue weighted by molar-refractivity contribution is 9.10. The Bertz CT molecular complexity index is 528. The van der Waals surface area contributed by atoms with Gasteiger partial charge < -0.3 is 9.80 Å². The smallest absolute Gasteiger partial charge is 0.254 e. The molecule has 2 fully saturated rings. The van der Waals surface area contributed by atoms with E-state index in [-0.39, 0.29) is 18.4 Å². The fourth-order valence-corrected chi connectivity index (χ4v) is 2.84. The first-order chi connectivity index (χ1) is 9.15. The van der Waals surface area contributed by atoms with Gasteiger partial charge in [0, 0.05) is 29.2 Å². The molecule has 1 aromatic carbocycles. The maximum absolute atomic E-state index is 12.3. The van der Waals surface area contributed by atoms with Gasteiger partial charge in [0.2, 0.25) is 5.91 Å². The Hall–Kier alpha value is -1.36. The molecular weight excluding hydrogens is 308 g/mol. The van der Waals surface area contributed by atoms with Crippen molar-refractivity contribution in [2.24, 2.45) is 0 Å². The highest BCUT2D eigenvalue weighted by Gasteiger charge is 2.36. The number of benzene rings is 1. The molecule has 0 spiro atoms. The molecule has 100 valence electrons. The normalized spacial score (nSPS) is 19.7. The number of rotatable bonds is 2. The molecule has 5 heteroatoms. The van der Waals surface area contributed by atoms with Crippen molar-refractivity contribution in [2.45, 2.75) is 18.9 Å². The van der Waals surface area contributed by atoms with Crippen LogP contribution in [0.2, 0.25) is 0 Å². The zero-order valence-electron chi connectivity index (χ0n) is 10.5. The quantitative estimate of drug-likeness (QED) is 0.834. The summed E-state index contributed by atoms with van der Waals surface area (Å²) in [5.41, 5.74) is 0.627. The molecule has 0 radical (unpaired) electrons. The first-order valence-corrected chi connectivity index (χ1v) is 7.29. The van der Waals surface area contributed by atoms with Crippen LogP contribution in [-0.4, -0.2) is 47.3 Å². The van der Waals surface area contributed by atoms with E-state index in [2.05, 4.69) is 15.9 Å². The molecule has 0 bridgehead atoms. The van der Waals surface area contributed by atoms with Crippen LogP contribution >= 0.6 is 15.9 Å². The van der Waals surface area contributed by atoms with E-state index in [1.165, 1.54) is 0 Å². The predicted molar refractivity (Wildman–Crippen MR) is 74.8 cm³/mol. The molecule has 1 saturated heterocycles. The Morgan fingerprint density at radius 1 is 1.26 bits per heavy atom. The molecular formula is C14H15BrN2O2. The highest BCUT2D eigenvalue weighted by Crippen LogP contribution is 2.28. The fraction of sp³-hybridized carbons (Fsp3) is 0.429. The van der Waals surface area contributed by atoms with Crippen molar-refractivity contribution in [3.63, 3.8) is 0 Å². The number of carbonyl (C=O) groups excluding carboxylic acids is 2. The van der Waals surface area contributed by atoms with Crippen LogP contribution in [0.4, 0.5) is 0 Å². The summed E-state index contributed by atoms with van der Waals surface area (Å²) in [4.78, 5) is 27.9. The predicted octanol–water partition coefficient (Wildman–Crippen LogP) is 1.90. The molecule has 0 N–H and O–H groups in total. The summed E-state index contributed by atoms with van der Waals surface area (Å²) in [5.74, 6) is 0.0159. The number of amides is 2. The lowest BCUT2D eigenvalue weighted by molar-refractivity contribution is -0.135. The van der Waals surface area contributed by atoms with Crippen LogP contribution in [0.1, 0.15) is 23.2 Å². The minimum atomic E-state index is -0.0647. The summed E-state index contributed by atoms with van der Waals surface area (Å²) in [6.45, 7) is 1.51. The second-order valence-electron chi connectivity index (χ2n) is 5.06. The average Bonchev–Trinajstić information content (AvgIpc) is 3.22. The Morgan fingerprint density at radius 3 is 2.68 bits per heavy atom. The van der Waals surface area contributed by atoms with Gasteiger partial charge in [0.15, 0.2) is 0 Å². The van der Waals surface area contributed by atoms with Crippen molar-refractivity contribution in [1.29, 1.82) is 0 Å². The third kappa shape index (κ3) is 2.66. The molecule has 0 atom stereocenters. The topological polar surface area (TPSA) is 40.6 Å². The number of nitrogens with zero attached hydrogens (tertiary/aromatic N) is 2. The van der Waals surface area contributed by atoms with Gasteiger partial charge >= 0.3 is 0 Å². The molecule has 1 saturated carbocycles. The van der Waals surface area contributed by atoms with E-state index in [0.29, 0.717) is 24.7 Å². The largest absolute Gasteiger partial charge is 0.336 e. The molecule has 2 amide bonds. The van der Waals surface area contributed by atoms with Gasteiger partial charge in [-0.3, -0.25) is 9.59 Å². The van der Waals surface area contributed by atoms with Crippen LogP contribution in [-0.2, 0) is 4.79 Å². The summed E-state index contributed by atoms with van der Waals surface area (Å²) in [6.07, 6.45) is 2.23. The second kappa shape index (κ2) is 4.96. The third-order valence-electron chi connectivity index (χ3n) is 3.60. The summed E-state index contributed by atoms with van der Waals surface area (Å²) in [6, 6.07) is 7.73. The number of hydrogen-bond acceptors (Lipinski definition) is 2. The Kier molecular flexibility index (Phi) is 3.31. The van der Waals surface area contributed by atoms with Crippen LogP contribution in [0.25, 0.3) is 0 Å². The lowest BCUT2D eigenvalue weighted by Crippen LogP contribution is -2.52. The van der Waals surface area contributed by atoms with Crippen LogP contribution in [0, 0.1) is 0 Å². The van der Waals surface area contributed by atoms with Crippen LogP contribution in [0.15, 0.2) is 28.7 Å². The lowest BCUT2D eigenvalue weighted by atomic mass is 10.2. The number of carbonyl (C=O) groups is 2. The highest BCUT2D eigenvalue weighted by atomic mass is 79.9. The second-order valence-corrected chi connectivity index (χ2v) is 5.97. The molecule has 0 unspecified atom stereocenters. The minimum absolute atomic E-state index is 0.0647. The van der Waals surface area contributed by atoms with E-state index >= 15 is 0 Å². The molecule has 0 aromatic heterocycles. The lowest BCUT2D eigenvalue weighted by Gasteiger charge is -2.34. The molecule has 4 nitrogen and oxygen atoms in total. The molecule has 1 aromatic rings. The van der Waals surface area contributed by atoms with Gasteiger partial charge in [0.05, 0.1) is 0 Å². The number of hydrogen-bond donors (Lipinski definition) is 0. The van der Waals surface area contributed by atoms with Gasteiger partial charge in [-0.05, 0) is 31.0 Å². The Labute approximate surface area is 120 Å². The van der Waals surface area contributed by atoms with Crippen molar-refractivity contribution in [2.75, 3.05) is 19.6 Å². The first-order valence-electron chi connectivity index (χ1n) is 6.49. The molecule has 1 aliphatic heterocycles. The van der Waals surface area contributed by atoms with Gasteiger partial charge in [-0.2, -0.15) is 0 Å². The maximum atomic E-state index is 12.3. The maximum Gasteiger partial charge on any atom is 0.254 e. The SMILES string of the molecule is O=C(c1cccc(Br)c1)N1CCN(C2CC2)C(=O)C1. The van der Waals surface area contributed by atoms with E-state index in [1.807, 2.05) is 17.0 Å². The van der Waals surface area contributed by atoms with E-state index in [4.69, 9.17) is 0 Å². The van der Waals surface area contributed by atoms with Gasteiger partial charge in [0.25, 0.3) is 5.91 Å². The number of piperazine rings is 1. The van der Waals surface area contributed by atoms with E-state index < -0.39 is 0 Å². The van der Waals surface area contributed by atoms with Crippen molar-refractivity contribution in [3.8, 4) is 0 Å². The van der Waals surface area contributed by atoms with Crippen LogP contribution in [0.5, 0.6) is 0 Å². The molecule has 2 aliphatic rings.